The molecule has 1 atom stereocenters. The summed E-state index contributed by atoms with van der Waals surface area (Å²) in [7, 11) is 0. The Balaban J connectivity index is 2.21. The Kier molecular flexibility index (Phi) is 7.36. The van der Waals surface area contributed by atoms with E-state index in [1.165, 1.54) is 31.4 Å². The van der Waals surface area contributed by atoms with Gasteiger partial charge in [-0.1, -0.05) is 58.9 Å². The number of hydrogen-bond acceptors (Lipinski definition) is 4. The summed E-state index contributed by atoms with van der Waals surface area (Å²) < 4.78 is 11.0. The standard InChI is InChI=1S/C29H38O4/c1-8-22-14-24(10-12-26(22)32-20(4)30)29(17-19(3)16-28(6,7)18-29)25-11-13-27(33-21(5)31)23(9-2)15-25/h10-15,19H,8-9,16-18H2,1-7H3. The molecule has 2 aromatic rings. The number of esters is 2. The van der Waals surface area contributed by atoms with E-state index in [4.69, 9.17) is 9.47 Å². The molecule has 1 fully saturated rings. The van der Waals surface area contributed by atoms with Crippen molar-refractivity contribution in [2.75, 3.05) is 0 Å². The molecule has 1 aliphatic carbocycles. The first-order chi connectivity index (χ1) is 15.5. The second-order valence-electron chi connectivity index (χ2n) is 10.5. The molecule has 0 heterocycles. The molecule has 33 heavy (non-hydrogen) atoms. The van der Waals surface area contributed by atoms with Crippen molar-refractivity contribution in [3.8, 4) is 11.5 Å². The topological polar surface area (TPSA) is 52.6 Å². The van der Waals surface area contributed by atoms with Crippen LogP contribution in [-0.2, 0) is 27.8 Å². The van der Waals surface area contributed by atoms with Crippen molar-refractivity contribution in [1.29, 1.82) is 0 Å². The minimum atomic E-state index is -0.298. The normalized spacial score (nSPS) is 19.1. The minimum Gasteiger partial charge on any atom is -0.426 e. The summed E-state index contributed by atoms with van der Waals surface area (Å²) >= 11 is 0. The van der Waals surface area contributed by atoms with Crippen LogP contribution in [-0.4, -0.2) is 11.9 Å². The van der Waals surface area contributed by atoms with Crippen LogP contribution >= 0.6 is 0 Å². The maximum absolute atomic E-state index is 11.6. The summed E-state index contributed by atoms with van der Waals surface area (Å²) in [4.78, 5) is 23.2. The van der Waals surface area contributed by atoms with Crippen LogP contribution in [0.2, 0.25) is 0 Å². The van der Waals surface area contributed by atoms with Crippen LogP contribution in [0.15, 0.2) is 36.4 Å². The van der Waals surface area contributed by atoms with Crippen LogP contribution in [0, 0.1) is 11.3 Å². The monoisotopic (exact) mass is 450 g/mol. The largest absolute Gasteiger partial charge is 0.426 e. The fraction of sp³-hybridized carbons (Fsp3) is 0.517. The van der Waals surface area contributed by atoms with Crippen LogP contribution in [0.5, 0.6) is 11.5 Å². The fourth-order valence-electron chi connectivity index (χ4n) is 5.99. The van der Waals surface area contributed by atoms with Crippen LogP contribution < -0.4 is 9.47 Å². The third kappa shape index (κ3) is 5.48. The summed E-state index contributed by atoms with van der Waals surface area (Å²) in [6.45, 7) is 14.1. The Morgan fingerprint density at radius 2 is 1.30 bits per heavy atom. The van der Waals surface area contributed by atoms with Gasteiger partial charge in [0.1, 0.15) is 11.5 Å². The van der Waals surface area contributed by atoms with Crippen molar-refractivity contribution >= 4 is 11.9 Å². The van der Waals surface area contributed by atoms with Crippen LogP contribution in [0.3, 0.4) is 0 Å². The minimum absolute atomic E-state index is 0.168. The van der Waals surface area contributed by atoms with Gasteiger partial charge in [-0.3, -0.25) is 9.59 Å². The van der Waals surface area contributed by atoms with Crippen molar-refractivity contribution in [2.24, 2.45) is 11.3 Å². The zero-order valence-corrected chi connectivity index (χ0v) is 21.2. The van der Waals surface area contributed by atoms with Gasteiger partial charge in [0.05, 0.1) is 0 Å². The summed E-state index contributed by atoms with van der Waals surface area (Å²) in [6.07, 6.45) is 4.83. The van der Waals surface area contributed by atoms with E-state index in [-0.39, 0.29) is 22.8 Å². The molecule has 0 bridgehead atoms. The molecule has 0 saturated heterocycles. The number of hydrogen-bond donors (Lipinski definition) is 0. The Morgan fingerprint density at radius 1 is 0.848 bits per heavy atom. The van der Waals surface area contributed by atoms with E-state index >= 15 is 0 Å². The Morgan fingerprint density at radius 3 is 1.67 bits per heavy atom. The number of ether oxygens (including phenoxy) is 2. The maximum Gasteiger partial charge on any atom is 0.308 e. The number of rotatable bonds is 6. The molecule has 4 heteroatoms. The van der Waals surface area contributed by atoms with Crippen molar-refractivity contribution in [2.45, 2.75) is 86.0 Å². The lowest BCUT2D eigenvalue weighted by molar-refractivity contribution is -0.132. The molecule has 2 aromatic carbocycles. The molecule has 0 amide bonds. The SMILES string of the molecule is CCc1cc(C2(c3ccc(OC(C)=O)c(CC)c3)CC(C)CC(C)(C)C2)ccc1OC(C)=O. The highest BCUT2D eigenvalue weighted by atomic mass is 16.5. The van der Waals surface area contributed by atoms with Gasteiger partial charge < -0.3 is 9.47 Å². The highest BCUT2D eigenvalue weighted by Crippen LogP contribution is 2.54. The average molecular weight is 451 g/mol. The summed E-state index contributed by atoms with van der Waals surface area (Å²) in [5, 5.41) is 0. The Bertz CT molecular complexity index is 966. The van der Waals surface area contributed by atoms with Gasteiger partial charge in [0, 0.05) is 19.3 Å². The first-order valence-electron chi connectivity index (χ1n) is 12.1. The molecule has 1 saturated carbocycles. The molecule has 0 N–H and O–H groups in total. The molecular weight excluding hydrogens is 412 g/mol. The summed E-state index contributed by atoms with van der Waals surface area (Å²) in [5.74, 6) is 1.25. The molecule has 0 aliphatic heterocycles. The van der Waals surface area contributed by atoms with Crippen molar-refractivity contribution < 1.29 is 19.1 Å². The lowest BCUT2D eigenvalue weighted by atomic mass is 9.55. The highest BCUT2D eigenvalue weighted by Gasteiger charge is 2.45. The van der Waals surface area contributed by atoms with E-state index in [0.717, 1.165) is 36.8 Å². The first-order valence-corrected chi connectivity index (χ1v) is 12.1. The molecule has 3 rings (SSSR count). The molecule has 1 aliphatic rings. The highest BCUT2D eigenvalue weighted by molar-refractivity contribution is 5.70. The van der Waals surface area contributed by atoms with Gasteiger partial charge in [0.15, 0.2) is 0 Å². The molecule has 1 unspecified atom stereocenters. The number of aryl methyl sites for hydroxylation is 2. The Hall–Kier alpha value is -2.62. The molecule has 0 radical (unpaired) electrons. The molecule has 4 nitrogen and oxygen atoms in total. The van der Waals surface area contributed by atoms with Crippen LogP contribution in [0.25, 0.3) is 0 Å². The zero-order chi connectivity index (χ0) is 24.4. The van der Waals surface area contributed by atoms with Crippen molar-refractivity contribution in [1.82, 2.24) is 0 Å². The van der Waals surface area contributed by atoms with Gasteiger partial charge in [-0.2, -0.15) is 0 Å². The number of carbonyl (C=O) groups is 2. The van der Waals surface area contributed by atoms with Crippen LogP contribution in [0.4, 0.5) is 0 Å². The lowest BCUT2D eigenvalue weighted by Gasteiger charge is -2.49. The second kappa shape index (κ2) is 9.70. The summed E-state index contributed by atoms with van der Waals surface area (Å²) in [5.41, 5.74) is 4.63. The van der Waals surface area contributed by atoms with E-state index in [9.17, 15) is 9.59 Å². The van der Waals surface area contributed by atoms with Crippen LogP contribution in [0.1, 0.15) is 90.0 Å². The lowest BCUT2D eigenvalue weighted by Crippen LogP contribution is -2.41. The fourth-order valence-corrected chi connectivity index (χ4v) is 5.99. The molecular formula is C29H38O4. The average Bonchev–Trinajstić information content (AvgIpc) is 2.71. The van der Waals surface area contributed by atoms with Gasteiger partial charge in [0.25, 0.3) is 0 Å². The molecule has 0 aromatic heterocycles. The number of benzene rings is 2. The quantitative estimate of drug-likeness (QED) is 0.359. The third-order valence-corrected chi connectivity index (χ3v) is 6.87. The van der Waals surface area contributed by atoms with Crippen molar-refractivity contribution in [3.05, 3.63) is 58.7 Å². The van der Waals surface area contributed by atoms with Gasteiger partial charge in [-0.25, -0.2) is 0 Å². The third-order valence-electron chi connectivity index (χ3n) is 6.87. The molecule has 0 spiro atoms. The van der Waals surface area contributed by atoms with Gasteiger partial charge in [0.2, 0.25) is 0 Å². The van der Waals surface area contributed by atoms with Crippen molar-refractivity contribution in [3.63, 3.8) is 0 Å². The van der Waals surface area contributed by atoms with E-state index in [1.54, 1.807) is 0 Å². The van der Waals surface area contributed by atoms with E-state index in [1.807, 2.05) is 12.1 Å². The van der Waals surface area contributed by atoms with Gasteiger partial charge in [-0.15, -0.1) is 0 Å². The predicted octanol–water partition coefficient (Wildman–Crippen LogP) is 6.79. The zero-order valence-electron chi connectivity index (χ0n) is 21.2. The van der Waals surface area contributed by atoms with Gasteiger partial charge >= 0.3 is 11.9 Å². The second-order valence-corrected chi connectivity index (χ2v) is 10.5. The van der Waals surface area contributed by atoms with Gasteiger partial charge in [-0.05, 0) is 77.8 Å². The number of carbonyl (C=O) groups excluding carboxylic acids is 2. The Labute approximate surface area is 198 Å². The predicted molar refractivity (Wildman–Crippen MR) is 132 cm³/mol. The first kappa shape index (κ1) is 25.0. The smallest absolute Gasteiger partial charge is 0.308 e. The van der Waals surface area contributed by atoms with E-state index < -0.39 is 0 Å². The molecule has 178 valence electrons. The maximum atomic E-state index is 11.6. The van der Waals surface area contributed by atoms with E-state index in [0.29, 0.717) is 17.4 Å². The van der Waals surface area contributed by atoms with E-state index in [2.05, 4.69) is 58.9 Å². The summed E-state index contributed by atoms with van der Waals surface area (Å²) in [6, 6.07) is 12.7.